The van der Waals surface area contributed by atoms with Gasteiger partial charge in [0.05, 0.1) is 32.4 Å². The van der Waals surface area contributed by atoms with E-state index in [0.717, 1.165) is 10.0 Å². The number of aliphatic hydroxyl groups excluding tert-OH is 1. The zero-order valence-corrected chi connectivity index (χ0v) is 22.8. The first-order valence-corrected chi connectivity index (χ1v) is 12.8. The molecule has 3 aromatic rings. The van der Waals surface area contributed by atoms with Crippen molar-refractivity contribution < 1.29 is 34.0 Å². The van der Waals surface area contributed by atoms with Crippen LogP contribution in [0.25, 0.3) is 5.76 Å². The molecule has 8 nitrogen and oxygen atoms in total. The summed E-state index contributed by atoms with van der Waals surface area (Å²) in [6.45, 7) is 2.29. The number of aromatic hydroxyl groups is 1. The van der Waals surface area contributed by atoms with Gasteiger partial charge in [-0.2, -0.15) is 0 Å². The van der Waals surface area contributed by atoms with E-state index in [1.54, 1.807) is 63.6 Å². The molecule has 1 amide bonds. The molecule has 0 aromatic heterocycles. The number of ketones is 1. The van der Waals surface area contributed by atoms with Gasteiger partial charge in [0.25, 0.3) is 11.7 Å². The lowest BCUT2D eigenvalue weighted by Crippen LogP contribution is -2.31. The third-order valence-corrected chi connectivity index (χ3v) is 6.88. The first kappa shape index (κ1) is 27.1. The highest BCUT2D eigenvalue weighted by Crippen LogP contribution is 2.42. The van der Waals surface area contributed by atoms with Gasteiger partial charge in [0.1, 0.15) is 5.76 Å². The van der Waals surface area contributed by atoms with E-state index in [1.807, 2.05) is 12.1 Å². The highest BCUT2D eigenvalue weighted by Gasteiger charge is 2.46. The van der Waals surface area contributed by atoms with Gasteiger partial charge in [-0.15, -0.1) is 0 Å². The predicted octanol–water partition coefficient (Wildman–Crippen LogP) is 5.24. The number of rotatable bonds is 9. The van der Waals surface area contributed by atoms with E-state index in [1.165, 1.54) is 11.0 Å². The number of likely N-dealkylation sites (tertiary alicyclic amines) is 1. The molecule has 0 unspecified atom stereocenters. The van der Waals surface area contributed by atoms with E-state index in [9.17, 15) is 19.8 Å². The number of amides is 1. The molecule has 0 aliphatic carbocycles. The lowest BCUT2D eigenvalue weighted by Gasteiger charge is -2.26. The third-order valence-electron chi connectivity index (χ3n) is 6.35. The van der Waals surface area contributed by atoms with Crippen LogP contribution in [0.2, 0.25) is 0 Å². The normalized spacial score (nSPS) is 16.5. The first-order chi connectivity index (χ1) is 18.3. The summed E-state index contributed by atoms with van der Waals surface area (Å²) in [5.74, 6) is -0.489. The standard InChI is InChI=1S/C29H28BrNO7/c1-4-38-23-16-19(8-11-21(23)32)26-25(27(33)18-6-9-20(30)10-7-18)28(34)29(35)31(26)14-13-17-5-12-22(36-2)24(15-17)37-3/h5-12,15-16,26,32-33H,4,13-14H2,1-3H3/t26-/m0/s1. The van der Waals surface area contributed by atoms with Crippen LogP contribution in [-0.4, -0.2) is 54.2 Å². The Labute approximate surface area is 229 Å². The van der Waals surface area contributed by atoms with Crippen molar-refractivity contribution in [1.29, 1.82) is 0 Å². The number of methoxy groups -OCH3 is 2. The second-order valence-corrected chi connectivity index (χ2v) is 9.51. The Morgan fingerprint density at radius 2 is 1.66 bits per heavy atom. The summed E-state index contributed by atoms with van der Waals surface area (Å²) in [6, 6.07) is 16.0. The zero-order valence-electron chi connectivity index (χ0n) is 21.2. The molecule has 1 atom stereocenters. The SMILES string of the molecule is CCOc1cc([C@H]2C(=C(O)c3ccc(Br)cc3)C(=O)C(=O)N2CCc2ccc(OC)c(OC)c2)ccc1O. The van der Waals surface area contributed by atoms with E-state index in [4.69, 9.17) is 14.2 Å². The summed E-state index contributed by atoms with van der Waals surface area (Å²) >= 11 is 3.37. The lowest BCUT2D eigenvalue weighted by atomic mass is 9.95. The molecule has 9 heteroatoms. The fourth-order valence-corrected chi connectivity index (χ4v) is 4.74. The van der Waals surface area contributed by atoms with E-state index < -0.39 is 17.7 Å². The molecule has 1 fully saturated rings. The minimum atomic E-state index is -0.890. The average molecular weight is 582 g/mol. The number of phenolic OH excluding ortho intramolecular Hbond substituents is 1. The van der Waals surface area contributed by atoms with E-state index in [2.05, 4.69) is 15.9 Å². The molecule has 0 saturated carbocycles. The van der Waals surface area contributed by atoms with Gasteiger partial charge in [-0.05, 0) is 60.9 Å². The maximum atomic E-state index is 13.3. The average Bonchev–Trinajstić information content (AvgIpc) is 3.18. The minimum absolute atomic E-state index is 0.0298. The largest absolute Gasteiger partial charge is 0.507 e. The van der Waals surface area contributed by atoms with Gasteiger partial charge in [-0.1, -0.05) is 40.2 Å². The number of benzene rings is 3. The molecule has 0 spiro atoms. The Bertz CT molecular complexity index is 1380. The van der Waals surface area contributed by atoms with Gasteiger partial charge in [-0.3, -0.25) is 9.59 Å². The van der Waals surface area contributed by atoms with Crippen LogP contribution in [0.1, 0.15) is 29.7 Å². The molecule has 1 heterocycles. The monoisotopic (exact) mass is 581 g/mol. The third kappa shape index (κ3) is 5.33. The molecule has 4 rings (SSSR count). The van der Waals surface area contributed by atoms with Crippen LogP contribution in [0.15, 0.2) is 70.7 Å². The molecule has 1 aliphatic heterocycles. The topological polar surface area (TPSA) is 106 Å². The van der Waals surface area contributed by atoms with Gasteiger partial charge in [0.15, 0.2) is 23.0 Å². The van der Waals surface area contributed by atoms with Crippen molar-refractivity contribution in [2.45, 2.75) is 19.4 Å². The van der Waals surface area contributed by atoms with Crippen molar-refractivity contribution in [1.82, 2.24) is 4.90 Å². The molecule has 3 aromatic carbocycles. The van der Waals surface area contributed by atoms with Gasteiger partial charge in [0, 0.05) is 16.6 Å². The number of ether oxygens (including phenoxy) is 3. The number of hydrogen-bond acceptors (Lipinski definition) is 7. The van der Waals surface area contributed by atoms with Crippen LogP contribution in [-0.2, 0) is 16.0 Å². The molecule has 1 saturated heterocycles. The van der Waals surface area contributed by atoms with Crippen molar-refractivity contribution in [2.75, 3.05) is 27.4 Å². The molecule has 1 aliphatic rings. The molecule has 0 radical (unpaired) electrons. The zero-order chi connectivity index (χ0) is 27.4. The fourth-order valence-electron chi connectivity index (χ4n) is 4.48. The number of phenols is 1. The number of carbonyl (C=O) groups is 2. The smallest absolute Gasteiger partial charge is 0.295 e. The molecule has 0 bridgehead atoms. The van der Waals surface area contributed by atoms with Crippen LogP contribution in [0.5, 0.6) is 23.0 Å². The van der Waals surface area contributed by atoms with Crippen molar-refractivity contribution in [3.8, 4) is 23.0 Å². The quantitative estimate of drug-likeness (QED) is 0.202. The van der Waals surface area contributed by atoms with Crippen LogP contribution in [0.3, 0.4) is 0 Å². The Morgan fingerprint density at radius 1 is 0.947 bits per heavy atom. The number of aliphatic hydroxyl groups is 1. The summed E-state index contributed by atoms with van der Waals surface area (Å²) in [6.07, 6.45) is 0.415. The minimum Gasteiger partial charge on any atom is -0.507 e. The molecular formula is C29H28BrNO7. The lowest BCUT2D eigenvalue weighted by molar-refractivity contribution is -0.139. The summed E-state index contributed by atoms with van der Waals surface area (Å²) in [4.78, 5) is 28.1. The number of halogens is 1. The maximum Gasteiger partial charge on any atom is 0.295 e. The molecule has 38 heavy (non-hydrogen) atoms. The number of nitrogens with zero attached hydrogens (tertiary/aromatic N) is 1. The molecule has 2 N–H and O–H groups in total. The predicted molar refractivity (Wildman–Crippen MR) is 146 cm³/mol. The first-order valence-electron chi connectivity index (χ1n) is 12.0. The Hall–Kier alpha value is -3.98. The van der Waals surface area contributed by atoms with Gasteiger partial charge >= 0.3 is 0 Å². The highest BCUT2D eigenvalue weighted by atomic mass is 79.9. The van der Waals surface area contributed by atoms with E-state index in [0.29, 0.717) is 35.7 Å². The summed E-state index contributed by atoms with van der Waals surface area (Å²) in [7, 11) is 3.10. The summed E-state index contributed by atoms with van der Waals surface area (Å²) < 4.78 is 17.0. The Morgan fingerprint density at radius 3 is 2.32 bits per heavy atom. The molecular weight excluding hydrogens is 554 g/mol. The van der Waals surface area contributed by atoms with Gasteiger partial charge < -0.3 is 29.3 Å². The summed E-state index contributed by atoms with van der Waals surface area (Å²) in [5, 5.41) is 21.5. The second kappa shape index (κ2) is 11.6. The van der Waals surface area contributed by atoms with E-state index >= 15 is 0 Å². The van der Waals surface area contributed by atoms with Crippen LogP contribution in [0.4, 0.5) is 0 Å². The number of carbonyl (C=O) groups excluding carboxylic acids is 2. The van der Waals surface area contributed by atoms with Crippen molar-refractivity contribution in [3.63, 3.8) is 0 Å². The Kier molecular flexibility index (Phi) is 8.26. The van der Waals surface area contributed by atoms with Crippen molar-refractivity contribution >= 4 is 33.4 Å². The Balaban J connectivity index is 1.78. The van der Waals surface area contributed by atoms with Crippen molar-refractivity contribution in [2.24, 2.45) is 0 Å². The highest BCUT2D eigenvalue weighted by molar-refractivity contribution is 9.10. The van der Waals surface area contributed by atoms with Crippen LogP contribution < -0.4 is 14.2 Å². The van der Waals surface area contributed by atoms with E-state index in [-0.39, 0.29) is 29.4 Å². The van der Waals surface area contributed by atoms with Gasteiger partial charge in [-0.25, -0.2) is 0 Å². The number of Topliss-reactive ketones (excluding diaryl/α,β-unsaturated/α-hetero) is 1. The molecule has 198 valence electrons. The van der Waals surface area contributed by atoms with Gasteiger partial charge in [0.2, 0.25) is 0 Å². The second-order valence-electron chi connectivity index (χ2n) is 8.60. The van der Waals surface area contributed by atoms with Crippen LogP contribution in [0, 0.1) is 0 Å². The van der Waals surface area contributed by atoms with Crippen LogP contribution >= 0.6 is 15.9 Å². The maximum absolute atomic E-state index is 13.3. The fraction of sp³-hybridized carbons (Fsp3) is 0.241. The van der Waals surface area contributed by atoms with Crippen molar-refractivity contribution in [3.05, 3.63) is 87.4 Å². The number of hydrogen-bond donors (Lipinski definition) is 2. The summed E-state index contributed by atoms with van der Waals surface area (Å²) in [5.41, 5.74) is 1.77.